The molecule has 0 saturated carbocycles. The standard InChI is InChI=1S/C22H25N5OS/c1-14-15(2)25-21-20(24-14)12-18(13-23-21)27-10-8-16(9-11-27)22(28)26-17-4-6-19(29-3)7-5-17/h4-7,12-13,16H,8-11H2,1-3H3,(H,26,28). The topological polar surface area (TPSA) is 71.0 Å². The van der Waals surface area contributed by atoms with E-state index in [0.717, 1.165) is 54.2 Å². The van der Waals surface area contributed by atoms with Crippen LogP contribution in [0.4, 0.5) is 11.4 Å². The zero-order valence-electron chi connectivity index (χ0n) is 17.0. The van der Waals surface area contributed by atoms with Crippen molar-refractivity contribution in [2.24, 2.45) is 5.92 Å². The molecule has 1 fully saturated rings. The molecule has 3 aromatic rings. The average molecular weight is 408 g/mol. The minimum Gasteiger partial charge on any atom is -0.370 e. The largest absolute Gasteiger partial charge is 0.370 e. The summed E-state index contributed by atoms with van der Waals surface area (Å²) in [5, 5.41) is 3.06. The lowest BCUT2D eigenvalue weighted by molar-refractivity contribution is -0.120. The maximum atomic E-state index is 12.6. The molecule has 0 atom stereocenters. The molecule has 1 aliphatic rings. The van der Waals surface area contributed by atoms with E-state index in [1.807, 2.05) is 50.6 Å². The van der Waals surface area contributed by atoms with Gasteiger partial charge in [-0.15, -0.1) is 11.8 Å². The number of pyridine rings is 1. The van der Waals surface area contributed by atoms with E-state index >= 15 is 0 Å². The number of hydrogen-bond donors (Lipinski definition) is 1. The van der Waals surface area contributed by atoms with Crippen LogP contribution < -0.4 is 10.2 Å². The second-order valence-electron chi connectivity index (χ2n) is 7.41. The fourth-order valence-corrected chi connectivity index (χ4v) is 4.00. The SMILES string of the molecule is CSc1ccc(NC(=O)C2CCN(c3cnc4nc(C)c(C)nc4c3)CC2)cc1. The van der Waals surface area contributed by atoms with E-state index in [4.69, 9.17) is 0 Å². The van der Waals surface area contributed by atoms with Crippen molar-refractivity contribution in [2.75, 3.05) is 29.6 Å². The molecule has 6 nitrogen and oxygen atoms in total. The number of nitrogens with one attached hydrogen (secondary N) is 1. The van der Waals surface area contributed by atoms with Gasteiger partial charge in [0.15, 0.2) is 5.65 Å². The molecule has 3 heterocycles. The summed E-state index contributed by atoms with van der Waals surface area (Å²) >= 11 is 1.69. The summed E-state index contributed by atoms with van der Waals surface area (Å²) in [4.78, 5) is 29.7. The number of amides is 1. The molecule has 1 aliphatic heterocycles. The fourth-order valence-electron chi connectivity index (χ4n) is 3.60. The van der Waals surface area contributed by atoms with Gasteiger partial charge in [-0.25, -0.2) is 15.0 Å². The third kappa shape index (κ3) is 4.34. The Bertz CT molecular complexity index is 1030. The predicted molar refractivity (Wildman–Crippen MR) is 119 cm³/mol. The zero-order valence-corrected chi connectivity index (χ0v) is 17.8. The number of nitrogens with zero attached hydrogens (tertiary/aromatic N) is 4. The number of thioether (sulfide) groups is 1. The first-order valence-electron chi connectivity index (χ1n) is 9.84. The average Bonchev–Trinajstić information content (AvgIpc) is 2.75. The van der Waals surface area contributed by atoms with Crippen LogP contribution in [0.25, 0.3) is 11.2 Å². The normalized spacial score (nSPS) is 14.9. The van der Waals surface area contributed by atoms with Gasteiger partial charge in [0.2, 0.25) is 5.91 Å². The molecule has 29 heavy (non-hydrogen) atoms. The Morgan fingerprint density at radius 2 is 1.79 bits per heavy atom. The number of piperidine rings is 1. The van der Waals surface area contributed by atoms with E-state index in [9.17, 15) is 4.79 Å². The lowest BCUT2D eigenvalue weighted by Crippen LogP contribution is -2.38. The van der Waals surface area contributed by atoms with E-state index in [1.165, 1.54) is 4.90 Å². The highest BCUT2D eigenvalue weighted by Gasteiger charge is 2.25. The number of benzene rings is 1. The van der Waals surface area contributed by atoms with Crippen molar-refractivity contribution < 1.29 is 4.79 Å². The van der Waals surface area contributed by atoms with Gasteiger partial charge in [-0.2, -0.15) is 0 Å². The van der Waals surface area contributed by atoms with Crippen molar-refractivity contribution in [3.63, 3.8) is 0 Å². The quantitative estimate of drug-likeness (QED) is 0.653. The molecule has 1 aromatic carbocycles. The second-order valence-corrected chi connectivity index (χ2v) is 8.29. The Labute approximate surface area is 175 Å². The van der Waals surface area contributed by atoms with Crippen LogP contribution in [-0.4, -0.2) is 40.2 Å². The second kappa shape index (κ2) is 8.37. The van der Waals surface area contributed by atoms with Gasteiger partial charge in [0, 0.05) is 29.6 Å². The molecule has 0 radical (unpaired) electrons. The molecule has 0 bridgehead atoms. The van der Waals surface area contributed by atoms with Gasteiger partial charge in [-0.3, -0.25) is 4.79 Å². The van der Waals surface area contributed by atoms with Crippen LogP contribution in [-0.2, 0) is 4.79 Å². The zero-order chi connectivity index (χ0) is 20.4. The van der Waals surface area contributed by atoms with Crippen molar-refractivity contribution in [1.29, 1.82) is 0 Å². The molecule has 0 unspecified atom stereocenters. The summed E-state index contributed by atoms with van der Waals surface area (Å²) in [5.41, 5.74) is 5.24. The molecule has 150 valence electrons. The van der Waals surface area contributed by atoms with Crippen molar-refractivity contribution in [2.45, 2.75) is 31.6 Å². The van der Waals surface area contributed by atoms with E-state index in [1.54, 1.807) is 11.8 Å². The molecule has 0 spiro atoms. The number of aromatic nitrogens is 3. The van der Waals surface area contributed by atoms with Gasteiger partial charge in [0.05, 0.1) is 23.3 Å². The smallest absolute Gasteiger partial charge is 0.227 e. The first-order chi connectivity index (χ1) is 14.0. The van der Waals surface area contributed by atoms with E-state index in [0.29, 0.717) is 5.65 Å². The maximum absolute atomic E-state index is 12.6. The Kier molecular flexibility index (Phi) is 5.67. The van der Waals surface area contributed by atoms with Gasteiger partial charge in [0.25, 0.3) is 0 Å². The number of carbonyl (C=O) groups is 1. The predicted octanol–water partition coefficient (Wildman–Crippen LogP) is 4.22. The summed E-state index contributed by atoms with van der Waals surface area (Å²) in [7, 11) is 0. The van der Waals surface area contributed by atoms with Crippen LogP contribution in [0.3, 0.4) is 0 Å². The Hall–Kier alpha value is -2.67. The minimum atomic E-state index is 0.0320. The van der Waals surface area contributed by atoms with Crippen LogP contribution >= 0.6 is 11.8 Å². The van der Waals surface area contributed by atoms with Gasteiger partial charge >= 0.3 is 0 Å². The number of carbonyl (C=O) groups excluding carboxylic acids is 1. The third-order valence-electron chi connectivity index (χ3n) is 5.51. The highest BCUT2D eigenvalue weighted by molar-refractivity contribution is 7.98. The van der Waals surface area contributed by atoms with E-state index in [2.05, 4.69) is 31.2 Å². The van der Waals surface area contributed by atoms with Crippen molar-refractivity contribution in [3.05, 3.63) is 47.9 Å². The van der Waals surface area contributed by atoms with Crippen molar-refractivity contribution in [3.8, 4) is 0 Å². The van der Waals surface area contributed by atoms with Crippen LogP contribution in [0.2, 0.25) is 0 Å². The van der Waals surface area contributed by atoms with Crippen molar-refractivity contribution in [1.82, 2.24) is 15.0 Å². The first-order valence-corrected chi connectivity index (χ1v) is 11.1. The molecular formula is C22H25N5OS. The molecule has 1 N–H and O–H groups in total. The Balaban J connectivity index is 1.39. The van der Waals surface area contributed by atoms with Crippen LogP contribution in [0.15, 0.2) is 41.4 Å². The highest BCUT2D eigenvalue weighted by atomic mass is 32.2. The Morgan fingerprint density at radius 1 is 1.10 bits per heavy atom. The number of fused-ring (bicyclic) bond motifs is 1. The summed E-state index contributed by atoms with van der Waals surface area (Å²) in [6, 6.07) is 10.0. The molecule has 4 rings (SSSR count). The van der Waals surface area contributed by atoms with Gasteiger partial charge < -0.3 is 10.2 Å². The lowest BCUT2D eigenvalue weighted by atomic mass is 9.95. The number of rotatable bonds is 4. The molecular weight excluding hydrogens is 382 g/mol. The van der Waals surface area contributed by atoms with E-state index < -0.39 is 0 Å². The fraction of sp³-hybridized carbons (Fsp3) is 0.364. The number of anilines is 2. The lowest BCUT2D eigenvalue weighted by Gasteiger charge is -2.32. The van der Waals surface area contributed by atoms with Crippen LogP contribution in [0.1, 0.15) is 24.2 Å². The van der Waals surface area contributed by atoms with E-state index in [-0.39, 0.29) is 11.8 Å². The number of aryl methyl sites for hydroxylation is 2. The molecule has 7 heteroatoms. The molecule has 0 aliphatic carbocycles. The summed E-state index contributed by atoms with van der Waals surface area (Å²) in [6.07, 6.45) is 5.55. The van der Waals surface area contributed by atoms with Gasteiger partial charge in [0.1, 0.15) is 5.52 Å². The van der Waals surface area contributed by atoms with Crippen LogP contribution in [0.5, 0.6) is 0 Å². The monoisotopic (exact) mass is 407 g/mol. The Morgan fingerprint density at radius 3 is 2.48 bits per heavy atom. The maximum Gasteiger partial charge on any atom is 0.227 e. The highest BCUT2D eigenvalue weighted by Crippen LogP contribution is 2.26. The summed E-state index contributed by atoms with van der Waals surface area (Å²) in [5.74, 6) is 0.139. The minimum absolute atomic E-state index is 0.0320. The number of hydrogen-bond acceptors (Lipinski definition) is 6. The summed E-state index contributed by atoms with van der Waals surface area (Å²) < 4.78 is 0. The first kappa shape index (κ1) is 19.6. The van der Waals surface area contributed by atoms with Crippen molar-refractivity contribution >= 4 is 40.2 Å². The molecule has 1 amide bonds. The van der Waals surface area contributed by atoms with Crippen LogP contribution in [0, 0.1) is 19.8 Å². The molecule has 1 saturated heterocycles. The molecule has 2 aromatic heterocycles. The van der Waals surface area contributed by atoms with Gasteiger partial charge in [-0.1, -0.05) is 0 Å². The summed E-state index contributed by atoms with van der Waals surface area (Å²) in [6.45, 7) is 5.57. The third-order valence-corrected chi connectivity index (χ3v) is 6.25. The van der Waals surface area contributed by atoms with Gasteiger partial charge in [-0.05, 0) is 63.3 Å².